The van der Waals surface area contributed by atoms with Gasteiger partial charge in [0.15, 0.2) is 0 Å². The predicted molar refractivity (Wildman–Crippen MR) is 118 cm³/mol. The van der Waals surface area contributed by atoms with Gasteiger partial charge in [0.05, 0.1) is 13.7 Å². The fourth-order valence-corrected chi connectivity index (χ4v) is 5.94. The van der Waals surface area contributed by atoms with E-state index >= 15 is 0 Å². The summed E-state index contributed by atoms with van der Waals surface area (Å²) in [7, 11) is 1.67. The number of benzene rings is 2. The molecule has 0 unspecified atom stereocenters. The molecule has 32 heavy (non-hydrogen) atoms. The highest BCUT2D eigenvalue weighted by Gasteiger charge is 2.76. The normalized spacial score (nSPS) is 30.4. The van der Waals surface area contributed by atoms with Crippen LogP contribution in [-0.2, 0) is 32.0 Å². The van der Waals surface area contributed by atoms with Crippen molar-refractivity contribution < 1.29 is 23.8 Å². The molecule has 2 bridgehead atoms. The fourth-order valence-electron chi connectivity index (χ4n) is 5.94. The average Bonchev–Trinajstić information content (AvgIpc) is 3.41. The Labute approximate surface area is 188 Å². The van der Waals surface area contributed by atoms with E-state index < -0.39 is 17.3 Å². The Kier molecular flexibility index (Phi) is 5.20. The molecule has 6 heteroatoms. The van der Waals surface area contributed by atoms with Crippen molar-refractivity contribution in [1.29, 1.82) is 0 Å². The van der Waals surface area contributed by atoms with E-state index in [1.807, 2.05) is 47.4 Å². The van der Waals surface area contributed by atoms with E-state index in [1.54, 1.807) is 14.0 Å². The minimum Gasteiger partial charge on any atom is -0.497 e. The van der Waals surface area contributed by atoms with Gasteiger partial charge in [0.2, 0.25) is 5.60 Å². The smallest absolute Gasteiger partial charge is 0.348 e. The number of carbonyl (C=O) groups excluding carboxylic acids is 2. The van der Waals surface area contributed by atoms with Crippen molar-refractivity contribution >= 4 is 11.9 Å². The summed E-state index contributed by atoms with van der Waals surface area (Å²) in [6.45, 7) is 2.41. The minimum atomic E-state index is -1.51. The summed E-state index contributed by atoms with van der Waals surface area (Å²) in [4.78, 5) is 28.4. The molecule has 3 aliphatic rings. The third-order valence-electron chi connectivity index (χ3n) is 7.35. The molecule has 4 atom stereocenters. The zero-order valence-electron chi connectivity index (χ0n) is 18.6. The first kappa shape index (κ1) is 21.0. The van der Waals surface area contributed by atoms with Gasteiger partial charge in [-0.05, 0) is 55.4 Å². The SMILES string of the molecule is CCOC(=O)[C@@]12C[C@H]3[C@H](Cc4cccc(OC)c4)CC[C@]3(O1)N(Cc1ccccc1)C2=O. The summed E-state index contributed by atoms with van der Waals surface area (Å²) < 4.78 is 17.2. The van der Waals surface area contributed by atoms with Crippen LogP contribution in [0.1, 0.15) is 37.3 Å². The summed E-state index contributed by atoms with van der Waals surface area (Å²) >= 11 is 0. The molecule has 6 nitrogen and oxygen atoms in total. The molecular weight excluding hydrogens is 406 g/mol. The summed E-state index contributed by atoms with van der Waals surface area (Å²) in [6.07, 6.45) is 2.93. The van der Waals surface area contributed by atoms with Gasteiger partial charge in [-0.3, -0.25) is 4.79 Å². The molecule has 2 saturated heterocycles. The van der Waals surface area contributed by atoms with Crippen LogP contribution in [0.25, 0.3) is 0 Å². The highest BCUT2D eigenvalue weighted by Crippen LogP contribution is 2.62. The lowest BCUT2D eigenvalue weighted by molar-refractivity contribution is -0.172. The predicted octanol–water partition coefficient (Wildman–Crippen LogP) is 3.72. The number of esters is 1. The summed E-state index contributed by atoms with van der Waals surface area (Å²) in [5.74, 6) is 0.431. The van der Waals surface area contributed by atoms with Gasteiger partial charge in [-0.15, -0.1) is 0 Å². The Morgan fingerprint density at radius 2 is 1.94 bits per heavy atom. The van der Waals surface area contributed by atoms with Gasteiger partial charge >= 0.3 is 5.97 Å². The largest absolute Gasteiger partial charge is 0.497 e. The molecule has 168 valence electrons. The molecule has 1 aliphatic carbocycles. The lowest BCUT2D eigenvalue weighted by Crippen LogP contribution is -2.56. The van der Waals surface area contributed by atoms with Crippen molar-refractivity contribution in [1.82, 2.24) is 4.90 Å². The number of likely N-dealkylation sites (tertiary alicyclic amines) is 1. The second-order valence-electron chi connectivity index (χ2n) is 9.04. The summed E-state index contributed by atoms with van der Waals surface area (Å²) in [6, 6.07) is 18.0. The van der Waals surface area contributed by atoms with Gasteiger partial charge in [-0.2, -0.15) is 0 Å². The standard InChI is InChI=1S/C26H29NO5/c1-3-31-24(29)25-16-22-20(14-19-10-7-11-21(15-19)30-2)12-13-26(22,32-25)27(23(25)28)17-18-8-5-4-6-9-18/h4-11,15,20,22H,3,12-14,16-17H2,1-2H3/t20-,22-,25-,26+/m0/s1. The number of ether oxygens (including phenoxy) is 3. The first-order chi connectivity index (χ1) is 15.5. The Morgan fingerprint density at radius 1 is 1.16 bits per heavy atom. The topological polar surface area (TPSA) is 65.1 Å². The van der Waals surface area contributed by atoms with Gasteiger partial charge in [0.25, 0.3) is 5.91 Å². The molecule has 2 aliphatic heterocycles. The van der Waals surface area contributed by atoms with Gasteiger partial charge < -0.3 is 19.1 Å². The van der Waals surface area contributed by atoms with Crippen LogP contribution in [0.2, 0.25) is 0 Å². The number of rotatable bonds is 7. The van der Waals surface area contributed by atoms with Crippen molar-refractivity contribution in [2.45, 2.75) is 50.5 Å². The fraction of sp³-hybridized carbons (Fsp3) is 0.462. The van der Waals surface area contributed by atoms with Gasteiger partial charge in [-0.25, -0.2) is 4.79 Å². The van der Waals surface area contributed by atoms with Crippen molar-refractivity contribution in [3.63, 3.8) is 0 Å². The zero-order valence-corrected chi connectivity index (χ0v) is 18.6. The summed E-state index contributed by atoms with van der Waals surface area (Å²) in [5, 5.41) is 0. The van der Waals surface area contributed by atoms with Gasteiger partial charge in [0, 0.05) is 18.9 Å². The van der Waals surface area contributed by atoms with E-state index in [2.05, 4.69) is 12.1 Å². The van der Waals surface area contributed by atoms with Crippen molar-refractivity contribution in [3.05, 3.63) is 65.7 Å². The van der Waals surface area contributed by atoms with E-state index in [0.717, 1.165) is 30.6 Å². The monoisotopic (exact) mass is 435 g/mol. The molecule has 1 saturated carbocycles. The lowest BCUT2D eigenvalue weighted by Gasteiger charge is -2.39. The molecule has 2 aromatic carbocycles. The molecule has 0 N–H and O–H groups in total. The molecule has 2 aromatic rings. The van der Waals surface area contributed by atoms with Crippen molar-refractivity contribution in [2.24, 2.45) is 11.8 Å². The molecule has 0 radical (unpaired) electrons. The number of methoxy groups -OCH3 is 1. The second-order valence-corrected chi connectivity index (χ2v) is 9.04. The highest BCUT2D eigenvalue weighted by molar-refractivity contribution is 6.08. The van der Waals surface area contributed by atoms with Gasteiger partial charge in [-0.1, -0.05) is 42.5 Å². The number of hydrogen-bond acceptors (Lipinski definition) is 5. The number of carbonyl (C=O) groups is 2. The lowest BCUT2D eigenvalue weighted by atomic mass is 9.77. The molecule has 5 rings (SSSR count). The van der Waals surface area contributed by atoms with Crippen LogP contribution >= 0.6 is 0 Å². The van der Waals surface area contributed by atoms with E-state index in [0.29, 0.717) is 18.9 Å². The van der Waals surface area contributed by atoms with Crippen LogP contribution in [0.5, 0.6) is 5.75 Å². The third kappa shape index (κ3) is 3.12. The number of fused-ring (bicyclic) bond motifs is 1. The highest BCUT2D eigenvalue weighted by atomic mass is 16.6. The van der Waals surface area contributed by atoms with E-state index in [1.165, 1.54) is 5.56 Å². The second kappa shape index (κ2) is 7.93. The quantitative estimate of drug-likeness (QED) is 0.490. The number of amides is 1. The van der Waals surface area contributed by atoms with Crippen LogP contribution in [0.4, 0.5) is 0 Å². The minimum absolute atomic E-state index is 0.0829. The average molecular weight is 436 g/mol. The maximum atomic E-state index is 13.6. The molecular formula is C26H29NO5. The number of hydrogen-bond donors (Lipinski definition) is 0. The Morgan fingerprint density at radius 3 is 2.69 bits per heavy atom. The summed E-state index contributed by atoms with van der Waals surface area (Å²) in [5.41, 5.74) is -0.0354. The van der Waals surface area contributed by atoms with Crippen LogP contribution in [-0.4, -0.2) is 41.8 Å². The molecule has 2 heterocycles. The third-order valence-corrected chi connectivity index (χ3v) is 7.35. The number of piperidine rings is 1. The van der Waals surface area contributed by atoms with Crippen LogP contribution in [0, 0.1) is 11.8 Å². The molecule has 3 fully saturated rings. The zero-order chi connectivity index (χ0) is 22.3. The molecule has 1 spiro atoms. The molecule has 0 aromatic heterocycles. The van der Waals surface area contributed by atoms with E-state index in [9.17, 15) is 9.59 Å². The van der Waals surface area contributed by atoms with E-state index in [-0.39, 0.29) is 18.4 Å². The van der Waals surface area contributed by atoms with Crippen molar-refractivity contribution in [2.75, 3.05) is 13.7 Å². The maximum absolute atomic E-state index is 13.6. The first-order valence-electron chi connectivity index (χ1n) is 11.4. The van der Waals surface area contributed by atoms with Crippen LogP contribution in [0.3, 0.4) is 0 Å². The van der Waals surface area contributed by atoms with Gasteiger partial charge in [0.1, 0.15) is 11.5 Å². The van der Waals surface area contributed by atoms with Crippen LogP contribution in [0.15, 0.2) is 54.6 Å². The Balaban J connectivity index is 1.47. The van der Waals surface area contributed by atoms with Crippen LogP contribution < -0.4 is 4.74 Å². The molecule has 1 amide bonds. The van der Waals surface area contributed by atoms with Crippen molar-refractivity contribution in [3.8, 4) is 5.75 Å². The Bertz CT molecular complexity index is 1020. The number of nitrogens with zero attached hydrogens (tertiary/aromatic N) is 1. The first-order valence-corrected chi connectivity index (χ1v) is 11.4. The van der Waals surface area contributed by atoms with E-state index in [4.69, 9.17) is 14.2 Å². The Hall–Kier alpha value is -2.86. The maximum Gasteiger partial charge on any atom is 0.348 e.